The molecule has 0 aliphatic heterocycles. The zero-order valence-electron chi connectivity index (χ0n) is 10.8. The number of benzene rings is 1. The van der Waals surface area contributed by atoms with Crippen molar-refractivity contribution in [3.63, 3.8) is 0 Å². The number of hydrogen-bond acceptors (Lipinski definition) is 4. The lowest BCUT2D eigenvalue weighted by atomic mass is 10.1. The molecule has 0 saturated carbocycles. The Hall–Kier alpha value is -1.26. The third-order valence-corrected chi connectivity index (χ3v) is 2.18. The lowest BCUT2D eigenvalue weighted by molar-refractivity contribution is 0.124. The van der Waals surface area contributed by atoms with Gasteiger partial charge in [-0.2, -0.15) is 0 Å². The summed E-state index contributed by atoms with van der Waals surface area (Å²) in [6.45, 7) is 6.18. The molecule has 17 heavy (non-hydrogen) atoms. The number of aromatic hydroxyl groups is 1. The van der Waals surface area contributed by atoms with Gasteiger partial charge in [0.05, 0.1) is 6.10 Å². The summed E-state index contributed by atoms with van der Waals surface area (Å²) in [4.78, 5) is 0. The van der Waals surface area contributed by atoms with Crippen LogP contribution in [0.1, 0.15) is 32.4 Å². The first-order valence-corrected chi connectivity index (χ1v) is 5.68. The molecule has 0 aliphatic rings. The molecule has 0 amide bonds. The van der Waals surface area contributed by atoms with E-state index in [0.717, 1.165) is 5.56 Å². The summed E-state index contributed by atoms with van der Waals surface area (Å²) in [7, 11) is 1.77. The highest BCUT2D eigenvalue weighted by Crippen LogP contribution is 2.31. The van der Waals surface area contributed by atoms with Gasteiger partial charge in [0.1, 0.15) is 5.60 Å². The molecular formula is C13H21NO3. The molecule has 0 radical (unpaired) electrons. The summed E-state index contributed by atoms with van der Waals surface area (Å²) in [6.07, 6.45) is -0.608. The van der Waals surface area contributed by atoms with Gasteiger partial charge in [0.25, 0.3) is 0 Å². The number of phenols is 1. The second-order valence-corrected chi connectivity index (χ2v) is 5.02. The lowest BCUT2D eigenvalue weighted by Crippen LogP contribution is -2.23. The van der Waals surface area contributed by atoms with Crippen molar-refractivity contribution >= 4 is 0 Å². The van der Waals surface area contributed by atoms with Crippen molar-refractivity contribution in [2.75, 3.05) is 13.6 Å². The molecule has 4 nitrogen and oxygen atoms in total. The van der Waals surface area contributed by atoms with Crippen molar-refractivity contribution in [1.82, 2.24) is 5.32 Å². The normalized spacial score (nSPS) is 13.5. The van der Waals surface area contributed by atoms with E-state index in [0.29, 0.717) is 12.3 Å². The van der Waals surface area contributed by atoms with Gasteiger partial charge in [0.15, 0.2) is 11.5 Å². The van der Waals surface area contributed by atoms with Gasteiger partial charge in [-0.05, 0) is 45.5 Å². The fourth-order valence-electron chi connectivity index (χ4n) is 1.46. The van der Waals surface area contributed by atoms with Crippen LogP contribution >= 0.6 is 0 Å². The number of nitrogens with one attached hydrogen (secondary N) is 1. The van der Waals surface area contributed by atoms with Crippen molar-refractivity contribution in [3.05, 3.63) is 23.8 Å². The van der Waals surface area contributed by atoms with Gasteiger partial charge < -0.3 is 20.3 Å². The summed E-state index contributed by atoms with van der Waals surface area (Å²) in [5.74, 6) is 0.477. The molecule has 0 heterocycles. The van der Waals surface area contributed by atoms with Gasteiger partial charge in [-0.3, -0.25) is 0 Å². The van der Waals surface area contributed by atoms with Crippen molar-refractivity contribution < 1.29 is 14.9 Å². The van der Waals surface area contributed by atoms with Crippen LogP contribution in [0.3, 0.4) is 0 Å². The van der Waals surface area contributed by atoms with E-state index in [1.807, 2.05) is 20.8 Å². The number of aliphatic hydroxyl groups excluding tert-OH is 1. The molecule has 0 aliphatic carbocycles. The highest BCUT2D eigenvalue weighted by atomic mass is 16.5. The van der Waals surface area contributed by atoms with Gasteiger partial charge in [-0.1, -0.05) is 6.07 Å². The summed E-state index contributed by atoms with van der Waals surface area (Å²) in [5, 5.41) is 22.4. The molecule has 0 fully saturated rings. The maximum absolute atomic E-state index is 9.83. The van der Waals surface area contributed by atoms with Crippen molar-refractivity contribution in [2.24, 2.45) is 0 Å². The van der Waals surface area contributed by atoms with Gasteiger partial charge >= 0.3 is 0 Å². The van der Waals surface area contributed by atoms with Crippen LogP contribution in [0.5, 0.6) is 11.5 Å². The van der Waals surface area contributed by atoms with Crippen LogP contribution in [0.15, 0.2) is 18.2 Å². The van der Waals surface area contributed by atoms with E-state index in [2.05, 4.69) is 5.32 Å². The van der Waals surface area contributed by atoms with Crippen LogP contribution in [-0.2, 0) is 0 Å². The SMILES string of the molecule is CNC[C@H](O)c1ccc(O)c(OC(C)(C)C)c1. The van der Waals surface area contributed by atoms with E-state index in [-0.39, 0.29) is 11.4 Å². The van der Waals surface area contributed by atoms with E-state index in [1.54, 1.807) is 19.2 Å². The maximum Gasteiger partial charge on any atom is 0.162 e. The minimum absolute atomic E-state index is 0.0836. The van der Waals surface area contributed by atoms with Gasteiger partial charge in [0.2, 0.25) is 0 Å². The van der Waals surface area contributed by atoms with Crippen molar-refractivity contribution in [3.8, 4) is 11.5 Å². The highest BCUT2D eigenvalue weighted by molar-refractivity contribution is 5.42. The predicted octanol–water partition coefficient (Wildman–Crippen LogP) is 1.82. The van der Waals surface area contributed by atoms with Crippen LogP contribution in [-0.4, -0.2) is 29.4 Å². The van der Waals surface area contributed by atoms with Crippen LogP contribution < -0.4 is 10.1 Å². The molecule has 96 valence electrons. The number of hydrogen-bond donors (Lipinski definition) is 3. The Balaban J connectivity index is 2.94. The fraction of sp³-hybridized carbons (Fsp3) is 0.538. The largest absolute Gasteiger partial charge is 0.504 e. The molecule has 1 rings (SSSR count). The summed E-state index contributed by atoms with van der Waals surface area (Å²) in [5.41, 5.74) is 0.334. The Morgan fingerprint density at radius 1 is 1.35 bits per heavy atom. The third kappa shape index (κ3) is 4.24. The van der Waals surface area contributed by atoms with Crippen molar-refractivity contribution in [2.45, 2.75) is 32.5 Å². The summed E-state index contributed by atoms with van der Waals surface area (Å²) < 4.78 is 5.62. The lowest BCUT2D eigenvalue weighted by Gasteiger charge is -2.23. The van der Waals surface area contributed by atoms with E-state index < -0.39 is 6.10 Å². The molecule has 4 heteroatoms. The summed E-state index contributed by atoms with van der Waals surface area (Å²) in [6, 6.07) is 4.89. The highest BCUT2D eigenvalue weighted by Gasteiger charge is 2.16. The molecule has 1 atom stereocenters. The Bertz CT molecular complexity index is 371. The topological polar surface area (TPSA) is 61.7 Å². The van der Waals surface area contributed by atoms with Gasteiger partial charge in [0, 0.05) is 6.54 Å². The van der Waals surface area contributed by atoms with E-state index in [1.165, 1.54) is 6.07 Å². The molecule has 1 aromatic rings. The monoisotopic (exact) mass is 239 g/mol. The van der Waals surface area contributed by atoms with Crippen LogP contribution in [0, 0.1) is 0 Å². The molecular weight excluding hydrogens is 218 g/mol. The molecule has 0 saturated heterocycles. The molecule has 1 aromatic carbocycles. The minimum atomic E-state index is -0.608. The Labute approximate surface area is 102 Å². The van der Waals surface area contributed by atoms with Crippen molar-refractivity contribution in [1.29, 1.82) is 0 Å². The Morgan fingerprint density at radius 3 is 2.53 bits per heavy atom. The Kier molecular flexibility index (Phi) is 4.37. The minimum Gasteiger partial charge on any atom is -0.504 e. The quantitative estimate of drug-likeness (QED) is 0.750. The predicted molar refractivity (Wildman–Crippen MR) is 67.4 cm³/mol. The molecule has 3 N–H and O–H groups in total. The first-order chi connectivity index (χ1) is 7.83. The third-order valence-electron chi connectivity index (χ3n) is 2.18. The van der Waals surface area contributed by atoms with Gasteiger partial charge in [-0.15, -0.1) is 0 Å². The van der Waals surface area contributed by atoms with Crippen LogP contribution in [0.25, 0.3) is 0 Å². The first kappa shape index (κ1) is 13.8. The zero-order valence-corrected chi connectivity index (χ0v) is 10.8. The second-order valence-electron chi connectivity index (χ2n) is 5.02. The standard InChI is InChI=1S/C13H21NO3/c1-13(2,3)17-12-7-9(5-6-10(12)15)11(16)8-14-4/h5-7,11,14-16H,8H2,1-4H3/t11-/m0/s1. The Morgan fingerprint density at radius 2 is 2.00 bits per heavy atom. The second kappa shape index (κ2) is 5.38. The molecule has 0 bridgehead atoms. The number of likely N-dealkylation sites (N-methyl/N-ethyl adjacent to an activating group) is 1. The first-order valence-electron chi connectivity index (χ1n) is 5.68. The average molecular weight is 239 g/mol. The molecule has 0 spiro atoms. The zero-order chi connectivity index (χ0) is 13.1. The molecule has 0 unspecified atom stereocenters. The maximum atomic E-state index is 9.83. The fourth-order valence-corrected chi connectivity index (χ4v) is 1.46. The van der Waals surface area contributed by atoms with Crippen LogP contribution in [0.2, 0.25) is 0 Å². The number of phenolic OH excluding ortho intramolecular Hbond substituents is 1. The number of ether oxygens (including phenoxy) is 1. The number of aliphatic hydroxyl groups is 1. The number of rotatable bonds is 4. The van der Waals surface area contributed by atoms with Gasteiger partial charge in [-0.25, -0.2) is 0 Å². The van der Waals surface area contributed by atoms with E-state index >= 15 is 0 Å². The van der Waals surface area contributed by atoms with Crippen LogP contribution in [0.4, 0.5) is 0 Å². The molecule has 0 aromatic heterocycles. The smallest absolute Gasteiger partial charge is 0.162 e. The summed E-state index contributed by atoms with van der Waals surface area (Å²) >= 11 is 0. The average Bonchev–Trinajstić information content (AvgIpc) is 2.19. The van der Waals surface area contributed by atoms with E-state index in [4.69, 9.17) is 4.74 Å². The van der Waals surface area contributed by atoms with E-state index in [9.17, 15) is 10.2 Å².